The van der Waals surface area contributed by atoms with Gasteiger partial charge in [-0.15, -0.1) is 0 Å². The Bertz CT molecular complexity index is 567. The number of carbonyl (C=O) groups excluding carboxylic acids is 1. The van der Waals surface area contributed by atoms with Gasteiger partial charge in [-0.1, -0.05) is 13.5 Å². The van der Waals surface area contributed by atoms with Crippen molar-refractivity contribution < 1.29 is 14.3 Å². The van der Waals surface area contributed by atoms with Crippen molar-refractivity contribution in [2.24, 2.45) is 0 Å². The minimum absolute atomic E-state index is 0.0207. The Morgan fingerprint density at radius 2 is 2.25 bits per heavy atom. The second-order valence-corrected chi connectivity index (χ2v) is 4.30. The molecule has 2 heterocycles. The molecule has 108 valence electrons. The third-order valence-corrected chi connectivity index (χ3v) is 2.97. The first-order chi connectivity index (χ1) is 9.69. The number of amides is 1. The zero-order valence-electron chi connectivity index (χ0n) is 11.4. The van der Waals surface area contributed by atoms with Crippen molar-refractivity contribution in [2.45, 2.75) is 19.9 Å². The first-order valence-corrected chi connectivity index (χ1v) is 6.43. The van der Waals surface area contributed by atoms with Gasteiger partial charge < -0.3 is 14.4 Å². The van der Waals surface area contributed by atoms with Gasteiger partial charge in [-0.25, -0.2) is 0 Å². The molecular weight excluding hydrogens is 262 g/mol. The van der Waals surface area contributed by atoms with Crippen LogP contribution in [0, 0.1) is 0 Å². The van der Waals surface area contributed by atoms with Crippen LogP contribution in [0.4, 0.5) is 0 Å². The number of rotatable bonds is 6. The molecule has 0 bridgehead atoms. The molecular formula is C13H17N3O4. The second kappa shape index (κ2) is 6.23. The fraction of sp³-hybridized carbons (Fsp3) is 0.462. The number of hydrogen-bond acceptors (Lipinski definition) is 5. The SMILES string of the molecule is C=COCOc1c2n(ncc1=O)CCN(CCC)C2=O. The van der Waals surface area contributed by atoms with Gasteiger partial charge in [-0.3, -0.25) is 14.3 Å². The Labute approximate surface area is 116 Å². The van der Waals surface area contributed by atoms with E-state index in [0.717, 1.165) is 12.6 Å². The molecule has 1 amide bonds. The molecule has 1 aliphatic heterocycles. The van der Waals surface area contributed by atoms with Crippen LogP contribution in [0.1, 0.15) is 23.8 Å². The second-order valence-electron chi connectivity index (χ2n) is 4.30. The largest absolute Gasteiger partial charge is 0.466 e. The van der Waals surface area contributed by atoms with Crippen molar-refractivity contribution in [3.63, 3.8) is 0 Å². The van der Waals surface area contributed by atoms with E-state index in [9.17, 15) is 9.59 Å². The van der Waals surface area contributed by atoms with Crippen molar-refractivity contribution in [3.8, 4) is 5.75 Å². The lowest BCUT2D eigenvalue weighted by molar-refractivity contribution is 0.0624. The van der Waals surface area contributed by atoms with E-state index in [1.165, 1.54) is 10.9 Å². The highest BCUT2D eigenvalue weighted by Gasteiger charge is 2.29. The highest BCUT2D eigenvalue weighted by atomic mass is 16.7. The van der Waals surface area contributed by atoms with Gasteiger partial charge in [0.05, 0.1) is 19.0 Å². The maximum absolute atomic E-state index is 12.4. The van der Waals surface area contributed by atoms with Gasteiger partial charge >= 0.3 is 0 Å². The summed E-state index contributed by atoms with van der Waals surface area (Å²) in [6.45, 7) is 6.97. The van der Waals surface area contributed by atoms with Crippen LogP contribution < -0.4 is 10.2 Å². The summed E-state index contributed by atoms with van der Waals surface area (Å²) in [6.07, 6.45) is 3.21. The fourth-order valence-electron chi connectivity index (χ4n) is 2.08. The molecule has 0 saturated carbocycles. The molecule has 20 heavy (non-hydrogen) atoms. The molecule has 0 unspecified atom stereocenters. The van der Waals surface area contributed by atoms with Crippen molar-refractivity contribution in [1.82, 2.24) is 14.7 Å². The van der Waals surface area contributed by atoms with Crippen LogP contribution in [0.2, 0.25) is 0 Å². The lowest BCUT2D eigenvalue weighted by Crippen LogP contribution is -2.43. The predicted octanol–water partition coefficient (Wildman–Crippen LogP) is 0.605. The van der Waals surface area contributed by atoms with Gasteiger partial charge in [0.25, 0.3) is 5.91 Å². The minimum atomic E-state index is -0.435. The molecule has 0 radical (unpaired) electrons. The topological polar surface area (TPSA) is 73.7 Å². The van der Waals surface area contributed by atoms with Crippen molar-refractivity contribution in [1.29, 1.82) is 0 Å². The van der Waals surface area contributed by atoms with E-state index in [2.05, 4.69) is 11.7 Å². The standard InChI is InChI=1S/C13H17N3O4/c1-3-5-15-6-7-16-11(13(15)18)12(10(17)8-14-16)20-9-19-4-2/h4,8H,2-3,5-7,9H2,1H3. The molecule has 2 rings (SSSR count). The van der Waals surface area contributed by atoms with Gasteiger partial charge in [0.15, 0.2) is 5.69 Å². The highest BCUT2D eigenvalue weighted by molar-refractivity contribution is 5.95. The zero-order chi connectivity index (χ0) is 14.5. The minimum Gasteiger partial charge on any atom is -0.466 e. The summed E-state index contributed by atoms with van der Waals surface area (Å²) in [5.74, 6) is -0.260. The lowest BCUT2D eigenvalue weighted by Gasteiger charge is -2.29. The maximum Gasteiger partial charge on any atom is 0.276 e. The number of fused-ring (bicyclic) bond motifs is 1. The quantitative estimate of drug-likeness (QED) is 0.433. The maximum atomic E-state index is 12.4. The Morgan fingerprint density at radius 3 is 2.95 bits per heavy atom. The average molecular weight is 279 g/mol. The summed E-state index contributed by atoms with van der Waals surface area (Å²) >= 11 is 0. The summed E-state index contributed by atoms with van der Waals surface area (Å²) in [4.78, 5) is 25.9. The molecule has 0 spiro atoms. The molecule has 0 fully saturated rings. The van der Waals surface area contributed by atoms with Crippen molar-refractivity contribution >= 4 is 5.91 Å². The van der Waals surface area contributed by atoms with Crippen LogP contribution in [-0.4, -0.2) is 40.5 Å². The number of ether oxygens (including phenoxy) is 2. The Hall–Kier alpha value is -2.31. The van der Waals surface area contributed by atoms with Crippen molar-refractivity contribution in [2.75, 3.05) is 19.9 Å². The zero-order valence-corrected chi connectivity index (χ0v) is 11.4. The molecule has 0 N–H and O–H groups in total. The molecule has 7 heteroatoms. The number of nitrogens with zero attached hydrogens (tertiary/aromatic N) is 3. The average Bonchev–Trinajstić information content (AvgIpc) is 2.44. The smallest absolute Gasteiger partial charge is 0.276 e. The number of carbonyl (C=O) groups is 1. The van der Waals surface area contributed by atoms with Gasteiger partial charge in [0.2, 0.25) is 18.0 Å². The van der Waals surface area contributed by atoms with Crippen LogP contribution in [-0.2, 0) is 11.3 Å². The van der Waals surface area contributed by atoms with E-state index in [4.69, 9.17) is 9.47 Å². The fourth-order valence-corrected chi connectivity index (χ4v) is 2.08. The van der Waals surface area contributed by atoms with E-state index in [0.29, 0.717) is 19.6 Å². The van der Waals surface area contributed by atoms with Gasteiger partial charge in [0.1, 0.15) is 0 Å². The van der Waals surface area contributed by atoms with Crippen LogP contribution in [0.3, 0.4) is 0 Å². The summed E-state index contributed by atoms with van der Waals surface area (Å²) in [6, 6.07) is 0. The summed E-state index contributed by atoms with van der Waals surface area (Å²) in [5, 5.41) is 3.97. The highest BCUT2D eigenvalue weighted by Crippen LogP contribution is 2.19. The van der Waals surface area contributed by atoms with Crippen LogP contribution in [0.15, 0.2) is 23.8 Å². The van der Waals surface area contributed by atoms with E-state index >= 15 is 0 Å². The van der Waals surface area contributed by atoms with Crippen LogP contribution >= 0.6 is 0 Å². The molecule has 1 aromatic heterocycles. The van der Waals surface area contributed by atoms with E-state index in [1.807, 2.05) is 6.92 Å². The van der Waals surface area contributed by atoms with Crippen LogP contribution in [0.25, 0.3) is 0 Å². The van der Waals surface area contributed by atoms with E-state index in [1.54, 1.807) is 4.90 Å². The van der Waals surface area contributed by atoms with E-state index < -0.39 is 5.43 Å². The molecule has 1 aliphatic rings. The van der Waals surface area contributed by atoms with E-state index in [-0.39, 0.29) is 24.1 Å². The molecule has 0 atom stereocenters. The van der Waals surface area contributed by atoms with Gasteiger partial charge in [-0.05, 0) is 6.42 Å². The van der Waals surface area contributed by atoms with Crippen molar-refractivity contribution in [3.05, 3.63) is 35.0 Å². The summed E-state index contributed by atoms with van der Waals surface area (Å²) < 4.78 is 11.6. The Balaban J connectivity index is 2.35. The molecule has 0 saturated heterocycles. The number of aromatic nitrogens is 2. The third kappa shape index (κ3) is 2.66. The first kappa shape index (κ1) is 14.1. The molecule has 0 aromatic carbocycles. The lowest BCUT2D eigenvalue weighted by atomic mass is 10.2. The first-order valence-electron chi connectivity index (χ1n) is 6.43. The third-order valence-electron chi connectivity index (χ3n) is 2.97. The predicted molar refractivity (Wildman–Crippen MR) is 71.5 cm³/mol. The normalized spacial score (nSPS) is 13.8. The van der Waals surface area contributed by atoms with Gasteiger partial charge in [0, 0.05) is 13.1 Å². The monoisotopic (exact) mass is 279 g/mol. The summed E-state index contributed by atoms with van der Waals surface area (Å²) in [7, 11) is 0. The number of hydrogen-bond donors (Lipinski definition) is 0. The molecule has 7 nitrogen and oxygen atoms in total. The van der Waals surface area contributed by atoms with Gasteiger partial charge in [-0.2, -0.15) is 5.10 Å². The Kier molecular flexibility index (Phi) is 4.39. The van der Waals surface area contributed by atoms with Crippen LogP contribution in [0.5, 0.6) is 5.75 Å². The summed E-state index contributed by atoms with van der Waals surface area (Å²) in [5.41, 5.74) is -0.250. The molecule has 0 aliphatic carbocycles. The Morgan fingerprint density at radius 1 is 1.45 bits per heavy atom. The molecule has 1 aromatic rings.